The topological polar surface area (TPSA) is 93.7 Å². The molecule has 7 nitrogen and oxygen atoms in total. The van der Waals surface area contributed by atoms with E-state index < -0.39 is 10.0 Å². The fraction of sp³-hybridized carbons (Fsp3) is 0.278. The Hall–Kier alpha value is -2.74. The van der Waals surface area contributed by atoms with Crippen molar-refractivity contribution < 1.29 is 22.7 Å². The van der Waals surface area contributed by atoms with Crippen LogP contribution in [0.25, 0.3) is 0 Å². The van der Waals surface area contributed by atoms with Crippen LogP contribution in [0, 0.1) is 6.92 Å². The molecule has 26 heavy (non-hydrogen) atoms. The Morgan fingerprint density at radius 1 is 1.08 bits per heavy atom. The van der Waals surface area contributed by atoms with Crippen molar-refractivity contribution in [3.8, 4) is 11.5 Å². The van der Waals surface area contributed by atoms with Crippen LogP contribution in [0.1, 0.15) is 21.5 Å². The predicted molar refractivity (Wildman–Crippen MR) is 100 cm³/mol. The Bertz CT molecular complexity index is 910. The van der Waals surface area contributed by atoms with Crippen LogP contribution in [0.2, 0.25) is 0 Å². The quantitative estimate of drug-likeness (QED) is 0.771. The highest BCUT2D eigenvalue weighted by atomic mass is 32.2. The van der Waals surface area contributed by atoms with E-state index in [4.69, 9.17) is 9.47 Å². The van der Waals surface area contributed by atoms with Crippen LogP contribution in [-0.2, 0) is 16.6 Å². The van der Waals surface area contributed by atoms with Gasteiger partial charge in [-0.15, -0.1) is 0 Å². The maximum absolute atomic E-state index is 12.5. The van der Waals surface area contributed by atoms with Crippen molar-refractivity contribution >= 4 is 21.6 Å². The molecule has 0 fully saturated rings. The van der Waals surface area contributed by atoms with Gasteiger partial charge in [-0.25, -0.2) is 8.42 Å². The lowest BCUT2D eigenvalue weighted by molar-refractivity contribution is 0.0950. The zero-order chi connectivity index (χ0) is 19.3. The fourth-order valence-corrected chi connectivity index (χ4v) is 3.08. The number of methoxy groups -OCH3 is 2. The second-order valence-corrected chi connectivity index (χ2v) is 7.47. The van der Waals surface area contributed by atoms with E-state index >= 15 is 0 Å². The lowest BCUT2D eigenvalue weighted by Crippen LogP contribution is -2.24. The third-order valence-electron chi connectivity index (χ3n) is 3.77. The summed E-state index contributed by atoms with van der Waals surface area (Å²) in [5, 5.41) is 2.82. The molecule has 140 valence electrons. The van der Waals surface area contributed by atoms with Crippen LogP contribution in [0.4, 0.5) is 5.69 Å². The second kappa shape index (κ2) is 8.09. The highest BCUT2D eigenvalue weighted by molar-refractivity contribution is 7.92. The minimum atomic E-state index is -3.42. The van der Waals surface area contributed by atoms with Crippen molar-refractivity contribution in [3.05, 3.63) is 53.1 Å². The van der Waals surface area contributed by atoms with Gasteiger partial charge in [-0.05, 0) is 42.3 Å². The number of carbonyl (C=O) groups excluding carboxylic acids is 1. The molecule has 0 spiro atoms. The first-order valence-corrected chi connectivity index (χ1v) is 9.71. The van der Waals surface area contributed by atoms with Gasteiger partial charge in [0, 0.05) is 12.1 Å². The normalized spacial score (nSPS) is 10.9. The third kappa shape index (κ3) is 4.89. The lowest BCUT2D eigenvalue weighted by Gasteiger charge is -2.13. The summed E-state index contributed by atoms with van der Waals surface area (Å²) in [7, 11) is -0.319. The summed E-state index contributed by atoms with van der Waals surface area (Å²) >= 11 is 0. The molecule has 0 aliphatic heterocycles. The molecule has 0 aromatic heterocycles. The molecule has 2 aromatic rings. The Morgan fingerprint density at radius 2 is 1.77 bits per heavy atom. The molecule has 0 saturated carbocycles. The van der Waals surface area contributed by atoms with Gasteiger partial charge >= 0.3 is 0 Å². The zero-order valence-electron chi connectivity index (χ0n) is 15.1. The summed E-state index contributed by atoms with van der Waals surface area (Å²) in [6.07, 6.45) is 1.07. The number of ether oxygens (including phenoxy) is 2. The molecule has 0 atom stereocenters. The number of carbonyl (C=O) groups is 1. The molecule has 0 unspecified atom stereocenters. The van der Waals surface area contributed by atoms with Gasteiger partial charge in [0.1, 0.15) is 0 Å². The molecule has 1 amide bonds. The summed E-state index contributed by atoms with van der Waals surface area (Å²) in [6.45, 7) is 1.99. The zero-order valence-corrected chi connectivity index (χ0v) is 15.9. The fourth-order valence-electron chi connectivity index (χ4n) is 2.46. The van der Waals surface area contributed by atoms with Gasteiger partial charge in [-0.1, -0.05) is 12.1 Å². The van der Waals surface area contributed by atoms with E-state index in [1.165, 1.54) is 0 Å². The summed E-state index contributed by atoms with van der Waals surface area (Å²) in [6, 6.07) is 10.3. The third-order valence-corrected chi connectivity index (χ3v) is 4.37. The van der Waals surface area contributed by atoms with E-state index in [1.54, 1.807) is 51.5 Å². The molecule has 0 bridgehead atoms. The molecule has 2 N–H and O–H groups in total. The summed E-state index contributed by atoms with van der Waals surface area (Å²) in [5.74, 6) is 0.891. The van der Waals surface area contributed by atoms with Crippen molar-refractivity contribution in [2.45, 2.75) is 13.5 Å². The van der Waals surface area contributed by atoms with Gasteiger partial charge in [-0.3, -0.25) is 9.52 Å². The van der Waals surface area contributed by atoms with Crippen LogP contribution in [0.5, 0.6) is 11.5 Å². The van der Waals surface area contributed by atoms with Crippen molar-refractivity contribution in [1.29, 1.82) is 0 Å². The van der Waals surface area contributed by atoms with E-state index in [2.05, 4.69) is 10.0 Å². The molecule has 0 radical (unpaired) electrons. The van der Waals surface area contributed by atoms with Gasteiger partial charge in [0.05, 0.1) is 26.2 Å². The highest BCUT2D eigenvalue weighted by Crippen LogP contribution is 2.27. The van der Waals surface area contributed by atoms with Crippen molar-refractivity contribution in [2.75, 3.05) is 25.2 Å². The SMILES string of the molecule is COc1ccc(CNC(=O)c2cccc(NS(C)(=O)=O)c2C)cc1OC. The Balaban J connectivity index is 2.15. The summed E-state index contributed by atoms with van der Waals surface area (Å²) < 4.78 is 35.7. The first kappa shape index (κ1) is 19.6. The van der Waals surface area contributed by atoms with Crippen molar-refractivity contribution in [1.82, 2.24) is 5.32 Å². The molecule has 8 heteroatoms. The molecule has 2 rings (SSSR count). The predicted octanol–water partition coefficient (Wildman–Crippen LogP) is 2.31. The van der Waals surface area contributed by atoms with E-state index in [-0.39, 0.29) is 5.91 Å². The standard InChI is InChI=1S/C18H22N2O5S/c1-12-14(6-5-7-15(12)20-26(4,22)23)18(21)19-11-13-8-9-16(24-2)17(10-13)25-3/h5-10,20H,11H2,1-4H3,(H,19,21). The van der Waals surface area contributed by atoms with E-state index in [1.807, 2.05) is 6.07 Å². The number of rotatable bonds is 7. The van der Waals surface area contributed by atoms with Gasteiger partial charge < -0.3 is 14.8 Å². The largest absolute Gasteiger partial charge is 0.493 e. The van der Waals surface area contributed by atoms with Gasteiger partial charge in [-0.2, -0.15) is 0 Å². The number of hydrogen-bond donors (Lipinski definition) is 2. The molecule has 0 heterocycles. The van der Waals surface area contributed by atoms with E-state index in [9.17, 15) is 13.2 Å². The van der Waals surface area contributed by atoms with Crippen molar-refractivity contribution in [3.63, 3.8) is 0 Å². The summed E-state index contributed by atoms with van der Waals surface area (Å²) in [5.41, 5.74) is 2.19. The second-order valence-electron chi connectivity index (χ2n) is 5.72. The first-order chi connectivity index (χ1) is 12.2. The number of nitrogens with one attached hydrogen (secondary N) is 2. The highest BCUT2D eigenvalue weighted by Gasteiger charge is 2.14. The minimum absolute atomic E-state index is 0.294. The number of sulfonamides is 1. The number of amides is 1. The van der Waals surface area contributed by atoms with Crippen molar-refractivity contribution in [2.24, 2.45) is 0 Å². The maximum atomic E-state index is 12.5. The van der Waals surface area contributed by atoms with Gasteiger partial charge in [0.2, 0.25) is 10.0 Å². The number of benzene rings is 2. The first-order valence-electron chi connectivity index (χ1n) is 7.81. The maximum Gasteiger partial charge on any atom is 0.251 e. The van der Waals surface area contributed by atoms with Crippen LogP contribution >= 0.6 is 0 Å². The molecule has 2 aromatic carbocycles. The lowest BCUT2D eigenvalue weighted by atomic mass is 10.1. The monoisotopic (exact) mass is 378 g/mol. The Morgan fingerprint density at radius 3 is 2.38 bits per heavy atom. The Labute approximate surface area is 153 Å². The minimum Gasteiger partial charge on any atom is -0.493 e. The van der Waals surface area contributed by atoms with E-state index in [0.717, 1.165) is 11.8 Å². The average Bonchev–Trinajstić information content (AvgIpc) is 2.60. The molecular formula is C18H22N2O5S. The van der Waals surface area contributed by atoms with Crippen LogP contribution in [-0.4, -0.2) is 34.8 Å². The smallest absolute Gasteiger partial charge is 0.251 e. The summed E-state index contributed by atoms with van der Waals surface area (Å²) in [4.78, 5) is 12.5. The van der Waals surface area contributed by atoms with Gasteiger partial charge in [0.25, 0.3) is 5.91 Å². The van der Waals surface area contributed by atoms with Gasteiger partial charge in [0.15, 0.2) is 11.5 Å². The molecule has 0 saturated heterocycles. The average molecular weight is 378 g/mol. The Kier molecular flexibility index (Phi) is 6.10. The van der Waals surface area contributed by atoms with Crippen LogP contribution in [0.15, 0.2) is 36.4 Å². The number of anilines is 1. The molecule has 0 aliphatic rings. The number of hydrogen-bond acceptors (Lipinski definition) is 5. The van der Waals surface area contributed by atoms with E-state index in [0.29, 0.717) is 34.9 Å². The van der Waals surface area contributed by atoms with Crippen LogP contribution < -0.4 is 19.5 Å². The molecular weight excluding hydrogens is 356 g/mol. The van der Waals surface area contributed by atoms with Crippen LogP contribution in [0.3, 0.4) is 0 Å². The molecule has 0 aliphatic carbocycles.